The van der Waals surface area contributed by atoms with Gasteiger partial charge >= 0.3 is 0 Å². The monoisotopic (exact) mass is 1520 g/mol. The van der Waals surface area contributed by atoms with Crippen LogP contribution in [-0.4, -0.2) is 95.1 Å². The van der Waals surface area contributed by atoms with Gasteiger partial charge in [0.15, 0.2) is 51.8 Å². The summed E-state index contributed by atoms with van der Waals surface area (Å²) in [5, 5.41) is 48.0. The van der Waals surface area contributed by atoms with E-state index in [1.165, 1.54) is 49.1 Å². The Hall–Kier alpha value is -11.7. The van der Waals surface area contributed by atoms with Crippen LogP contribution in [0.25, 0.3) is 0 Å². The summed E-state index contributed by atoms with van der Waals surface area (Å²) in [7, 11) is 6.21. The number of ether oxygens (including phenoxy) is 4. The van der Waals surface area contributed by atoms with E-state index in [0.717, 1.165) is 105 Å². The molecule has 0 amide bonds. The number of benzene rings is 10. The number of aryl methyl sites for hydroxylation is 10. The number of methoxy groups -OCH3 is 4. The Morgan fingerprint density at radius 2 is 0.566 bits per heavy atom. The zero-order chi connectivity index (χ0) is 80.9. The summed E-state index contributed by atoms with van der Waals surface area (Å²) < 4.78 is 20.7. The van der Waals surface area contributed by atoms with Crippen molar-refractivity contribution in [1.29, 1.82) is 0 Å². The van der Waals surface area contributed by atoms with Gasteiger partial charge in [-0.05, 0) is 219 Å². The van der Waals surface area contributed by atoms with Crippen molar-refractivity contribution in [3.63, 3.8) is 0 Å². The van der Waals surface area contributed by atoms with Crippen molar-refractivity contribution in [2.75, 3.05) is 28.4 Å². The molecule has 0 saturated heterocycles. The number of aromatic hydroxyl groups is 4. The Bertz CT molecular complexity index is 4430. The molecule has 0 aliphatic heterocycles. The van der Waals surface area contributed by atoms with Crippen molar-refractivity contribution in [2.45, 2.75) is 153 Å². The first-order chi connectivity index (χ1) is 55.0. The molecule has 592 valence electrons. The minimum absolute atomic E-state index is 0.0784. The number of aliphatic hydroxyl groups excluding tert-OH is 1. The summed E-state index contributed by atoms with van der Waals surface area (Å²) in [5.74, 6) is 2.84. The minimum atomic E-state index is -0.645. The molecule has 0 saturated carbocycles. The lowest BCUT2D eigenvalue weighted by Crippen LogP contribution is -2.17. The van der Waals surface area contributed by atoms with Gasteiger partial charge in [0.05, 0.1) is 33.5 Å². The second-order valence-electron chi connectivity index (χ2n) is 27.4. The van der Waals surface area contributed by atoms with E-state index in [0.29, 0.717) is 75.0 Å². The van der Waals surface area contributed by atoms with Gasteiger partial charge in [0.1, 0.15) is 17.3 Å². The predicted molar refractivity (Wildman–Crippen MR) is 452 cm³/mol. The van der Waals surface area contributed by atoms with E-state index in [4.69, 9.17) is 18.9 Å². The molecule has 10 aromatic carbocycles. The van der Waals surface area contributed by atoms with Crippen LogP contribution in [0.15, 0.2) is 297 Å². The van der Waals surface area contributed by atoms with Gasteiger partial charge in [0.25, 0.3) is 0 Å². The molecule has 0 aliphatic rings. The molecule has 0 heterocycles. The van der Waals surface area contributed by atoms with E-state index >= 15 is 0 Å². The average Bonchev–Trinajstić information content (AvgIpc) is 0.881. The Labute approximate surface area is 668 Å². The SMILES string of the molecule is COc1cc(CC/C=C/C(=O)CCc2ccccc2)ccc1O.COc1cc(CCC(CC(=O)CCc2ccccc2)OC)ccc1O.COc1cc(CCC(O)CC(=O)CCc2ccccc2)ccc1O.O=C(/C=C/CCc1ccc(O)cc1)CCc1ccccc1.O=C(/C=C/CCc1ccccc1)CCc1ccccc1. The van der Waals surface area contributed by atoms with Crippen LogP contribution in [0.4, 0.5) is 0 Å². The molecule has 5 N–H and O–H groups in total. The highest BCUT2D eigenvalue weighted by Gasteiger charge is 2.16. The third-order valence-corrected chi connectivity index (χ3v) is 18.6. The van der Waals surface area contributed by atoms with Crippen LogP contribution in [-0.2, 0) is 92.9 Å². The maximum absolute atomic E-state index is 12.2. The number of carbonyl (C=O) groups is 5. The third-order valence-electron chi connectivity index (χ3n) is 18.6. The smallest absolute Gasteiger partial charge is 0.160 e. The summed E-state index contributed by atoms with van der Waals surface area (Å²) in [6, 6.07) is 83.4. The van der Waals surface area contributed by atoms with E-state index in [2.05, 4.69) is 24.3 Å². The molecular weight excluding hydrogens is 1410 g/mol. The van der Waals surface area contributed by atoms with Gasteiger partial charge in [-0.25, -0.2) is 0 Å². The van der Waals surface area contributed by atoms with E-state index in [1.54, 1.807) is 67.8 Å². The number of ketones is 5. The van der Waals surface area contributed by atoms with Crippen LogP contribution in [0.3, 0.4) is 0 Å². The lowest BCUT2D eigenvalue weighted by Gasteiger charge is -2.15. The van der Waals surface area contributed by atoms with Crippen molar-refractivity contribution >= 4 is 28.9 Å². The van der Waals surface area contributed by atoms with Gasteiger partial charge in [0, 0.05) is 52.1 Å². The number of phenolic OH excluding ortho intramolecular Hbond substituents is 4. The maximum Gasteiger partial charge on any atom is 0.160 e. The number of rotatable bonds is 41. The third kappa shape index (κ3) is 39.2. The Kier molecular flexibility index (Phi) is 43.1. The lowest BCUT2D eigenvalue weighted by molar-refractivity contribution is -0.122. The molecule has 0 spiro atoms. The molecule has 14 heteroatoms. The van der Waals surface area contributed by atoms with Gasteiger partial charge in [-0.2, -0.15) is 0 Å². The number of hydrogen-bond donors (Lipinski definition) is 5. The standard InChI is InChI=1S/C21H26O4.C20H24O4.C20H22O3.C19H20O2.C19H20O/c1-24-19(12-9-17-10-13-20(23)21(14-17)25-2)15-18(22)11-8-16-6-4-3-5-7-16;1-24-20-13-16(9-12-19(20)23)8-11-18(22)14-17(21)10-7-15-5-3-2-4-6-15;1-23-20-15-17(12-14-19(20)22)9-5-6-10-18(21)13-11-16-7-3-2-4-8-16;20-18(13-10-16-6-2-1-3-7-16)9-5-4-8-17-11-14-19(21)15-12-17;20-19(16-15-18-11-5-2-6-12-18)14-8-7-13-17-9-3-1-4-10-17/h3-7,10,13-14,19,23H,8-9,11-12,15H2,1-2H3;2-6,9,12-13,18,22-23H,7-8,10-11,14H2,1H3;2-4,6-8,10,12,14-15,22H,5,9,11,13H2,1H3;1-3,5-7,9,11-12,14-15,21H,4,8,10,13H2;1-6,8-12,14H,7,13,15-16H2/b;;10-6+;9-5+;14-8+. The van der Waals surface area contributed by atoms with E-state index in [1.807, 2.05) is 212 Å². The Morgan fingerprint density at radius 1 is 0.301 bits per heavy atom. The van der Waals surface area contributed by atoms with Crippen molar-refractivity contribution in [2.24, 2.45) is 0 Å². The first-order valence-corrected chi connectivity index (χ1v) is 38.9. The molecule has 0 aromatic heterocycles. The number of aliphatic hydroxyl groups is 1. The second kappa shape index (κ2) is 54.0. The van der Waals surface area contributed by atoms with Gasteiger partial charge in [-0.15, -0.1) is 0 Å². The zero-order valence-corrected chi connectivity index (χ0v) is 65.9. The van der Waals surface area contributed by atoms with Crippen molar-refractivity contribution in [1.82, 2.24) is 0 Å². The number of carbonyl (C=O) groups excluding carboxylic acids is 5. The molecule has 0 bridgehead atoms. The quantitative estimate of drug-likeness (QED) is 0.0225. The molecule has 2 atom stereocenters. The number of Topliss-reactive ketones (excluding diaryl/α,β-unsaturated/α-hetero) is 2. The average molecular weight is 1530 g/mol. The van der Waals surface area contributed by atoms with Crippen molar-refractivity contribution < 1.29 is 68.5 Å². The van der Waals surface area contributed by atoms with E-state index < -0.39 is 6.10 Å². The molecule has 0 radical (unpaired) electrons. The molecule has 0 aliphatic carbocycles. The first-order valence-electron chi connectivity index (χ1n) is 38.9. The second-order valence-corrected chi connectivity index (χ2v) is 27.4. The van der Waals surface area contributed by atoms with Gasteiger partial charge in [-0.3, -0.25) is 24.0 Å². The molecule has 0 fully saturated rings. The molecule has 14 nitrogen and oxygen atoms in total. The van der Waals surface area contributed by atoms with Crippen molar-refractivity contribution in [3.8, 4) is 40.2 Å². The number of phenols is 4. The van der Waals surface area contributed by atoms with Gasteiger partial charge in [-0.1, -0.05) is 231 Å². The zero-order valence-electron chi connectivity index (χ0n) is 65.9. The fourth-order valence-corrected chi connectivity index (χ4v) is 12.0. The van der Waals surface area contributed by atoms with Crippen LogP contribution in [0.1, 0.15) is 133 Å². The Morgan fingerprint density at radius 3 is 0.885 bits per heavy atom. The summed E-state index contributed by atoms with van der Waals surface area (Å²) in [4.78, 5) is 59.5. The lowest BCUT2D eigenvalue weighted by atomic mass is 10.00. The normalized spacial score (nSPS) is 11.3. The molecule has 113 heavy (non-hydrogen) atoms. The fourth-order valence-electron chi connectivity index (χ4n) is 12.0. The van der Waals surface area contributed by atoms with Crippen molar-refractivity contribution in [3.05, 3.63) is 353 Å². The largest absolute Gasteiger partial charge is 0.508 e. The molecule has 2 unspecified atom stereocenters. The highest BCUT2D eigenvalue weighted by molar-refractivity contribution is 5.90. The van der Waals surface area contributed by atoms with E-state index in [-0.39, 0.29) is 64.4 Å². The van der Waals surface area contributed by atoms with Crippen LogP contribution in [0.2, 0.25) is 0 Å². The molecule has 10 aromatic rings. The first kappa shape index (κ1) is 90.2. The molecular formula is C99H112O14. The summed E-state index contributed by atoms with van der Waals surface area (Å²) >= 11 is 0. The van der Waals surface area contributed by atoms with Gasteiger partial charge < -0.3 is 44.5 Å². The summed E-state index contributed by atoms with van der Waals surface area (Å²) in [5.41, 5.74) is 11.5. The predicted octanol–water partition coefficient (Wildman–Crippen LogP) is 19.8. The van der Waals surface area contributed by atoms with Crippen LogP contribution < -0.4 is 14.2 Å². The van der Waals surface area contributed by atoms with Crippen LogP contribution in [0, 0.1) is 0 Å². The van der Waals surface area contributed by atoms with E-state index in [9.17, 15) is 49.5 Å². The highest BCUT2D eigenvalue weighted by atomic mass is 16.5. The minimum Gasteiger partial charge on any atom is -0.508 e. The van der Waals surface area contributed by atoms with Crippen LogP contribution >= 0.6 is 0 Å². The van der Waals surface area contributed by atoms with Gasteiger partial charge in [0.2, 0.25) is 0 Å². The molecule has 10 rings (SSSR count). The Balaban J connectivity index is 0.000000220. The summed E-state index contributed by atoms with van der Waals surface area (Å²) in [6.45, 7) is 0. The maximum atomic E-state index is 12.2. The topological polar surface area (TPSA) is 223 Å². The summed E-state index contributed by atoms with van der Waals surface area (Å²) in [6.07, 6.45) is 25.2. The van der Waals surface area contributed by atoms with Crippen LogP contribution in [0.5, 0.6) is 40.2 Å². The highest BCUT2D eigenvalue weighted by Crippen LogP contribution is 2.30. The number of hydrogen-bond acceptors (Lipinski definition) is 14. The number of allylic oxidation sites excluding steroid dienone is 6. The fraction of sp³-hybridized carbons (Fsp3) is 0.283.